The van der Waals surface area contributed by atoms with Crippen LogP contribution < -0.4 is 21.5 Å². The van der Waals surface area contributed by atoms with Gasteiger partial charge in [-0.15, -0.1) is 0 Å². The van der Waals surface area contributed by atoms with Gasteiger partial charge in [0.15, 0.2) is 0 Å². The van der Waals surface area contributed by atoms with E-state index in [0.29, 0.717) is 17.8 Å². The van der Waals surface area contributed by atoms with Gasteiger partial charge in [-0.1, -0.05) is 12.8 Å². The summed E-state index contributed by atoms with van der Waals surface area (Å²) in [5, 5.41) is 13.3. The van der Waals surface area contributed by atoms with Crippen LogP contribution >= 0.6 is 0 Å². The zero-order valence-corrected chi connectivity index (χ0v) is 12.7. The van der Waals surface area contributed by atoms with E-state index in [1.54, 1.807) is 0 Å². The highest BCUT2D eigenvalue weighted by atomic mass is 16.3. The van der Waals surface area contributed by atoms with Gasteiger partial charge in [-0.2, -0.15) is 15.0 Å². The number of anilines is 3. The SMILES string of the molecule is CCN(CC)c1nc(NN)nc(NC2CCCCC2O)n1. The summed E-state index contributed by atoms with van der Waals surface area (Å²) in [7, 11) is 0. The molecule has 2 rings (SSSR count). The van der Waals surface area contributed by atoms with Gasteiger partial charge < -0.3 is 15.3 Å². The molecule has 0 saturated heterocycles. The fraction of sp³-hybridized carbons (Fsp3) is 0.769. The fourth-order valence-corrected chi connectivity index (χ4v) is 2.59. The van der Waals surface area contributed by atoms with Gasteiger partial charge >= 0.3 is 0 Å². The summed E-state index contributed by atoms with van der Waals surface area (Å²) in [6.07, 6.45) is 3.54. The normalized spacial score (nSPS) is 21.9. The molecule has 0 spiro atoms. The molecule has 8 heteroatoms. The first-order chi connectivity index (χ1) is 10.2. The Hall–Kier alpha value is -1.67. The highest BCUT2D eigenvalue weighted by molar-refractivity contribution is 5.43. The molecule has 0 bridgehead atoms. The van der Waals surface area contributed by atoms with Crippen molar-refractivity contribution in [3.8, 4) is 0 Å². The van der Waals surface area contributed by atoms with Crippen molar-refractivity contribution in [2.24, 2.45) is 5.84 Å². The molecule has 1 aromatic rings. The Labute approximate surface area is 125 Å². The standard InChI is InChI=1S/C13H25N7O/c1-3-20(4-2)13-17-11(16-12(18-13)19-14)15-9-7-5-6-8-10(9)21/h9-10,21H,3-8,14H2,1-2H3,(H2,15,16,17,18,19). The van der Waals surface area contributed by atoms with Gasteiger partial charge in [0.25, 0.3) is 0 Å². The zero-order chi connectivity index (χ0) is 15.2. The second kappa shape index (κ2) is 7.37. The van der Waals surface area contributed by atoms with Crippen LogP contribution in [0.1, 0.15) is 39.5 Å². The molecule has 1 saturated carbocycles. The summed E-state index contributed by atoms with van der Waals surface area (Å²) in [6, 6.07) is -0.0173. The number of rotatable bonds is 6. The Morgan fingerprint density at radius 3 is 2.43 bits per heavy atom. The maximum atomic E-state index is 10.0. The van der Waals surface area contributed by atoms with Crippen molar-refractivity contribution in [2.45, 2.75) is 51.7 Å². The second-order valence-corrected chi connectivity index (χ2v) is 5.20. The number of hydrogen-bond acceptors (Lipinski definition) is 8. The number of nitrogens with one attached hydrogen (secondary N) is 2. The van der Waals surface area contributed by atoms with Crippen LogP contribution in [0.2, 0.25) is 0 Å². The number of nitrogens with two attached hydrogens (primary N) is 1. The smallest absolute Gasteiger partial charge is 0.243 e. The lowest BCUT2D eigenvalue weighted by Crippen LogP contribution is -2.37. The summed E-state index contributed by atoms with van der Waals surface area (Å²) in [6.45, 7) is 5.69. The molecule has 2 unspecified atom stereocenters. The van der Waals surface area contributed by atoms with Gasteiger partial charge in [-0.3, -0.25) is 5.43 Å². The molecule has 0 amide bonds. The highest BCUT2D eigenvalue weighted by Gasteiger charge is 2.24. The molecule has 1 aromatic heterocycles. The number of nitrogens with zero attached hydrogens (tertiary/aromatic N) is 4. The number of nitrogen functional groups attached to an aromatic ring is 1. The van der Waals surface area contributed by atoms with Crippen LogP contribution in [0.25, 0.3) is 0 Å². The molecule has 21 heavy (non-hydrogen) atoms. The summed E-state index contributed by atoms with van der Waals surface area (Å²) in [4.78, 5) is 15.0. The minimum atomic E-state index is -0.360. The Balaban J connectivity index is 2.19. The predicted molar refractivity (Wildman–Crippen MR) is 83.1 cm³/mol. The van der Waals surface area contributed by atoms with E-state index >= 15 is 0 Å². The maximum absolute atomic E-state index is 10.0. The third kappa shape index (κ3) is 3.92. The van der Waals surface area contributed by atoms with Crippen molar-refractivity contribution in [1.29, 1.82) is 0 Å². The molecule has 1 aliphatic carbocycles. The maximum Gasteiger partial charge on any atom is 0.243 e. The van der Waals surface area contributed by atoms with Crippen LogP contribution in [-0.2, 0) is 0 Å². The van der Waals surface area contributed by atoms with Crippen molar-refractivity contribution in [1.82, 2.24) is 15.0 Å². The van der Waals surface area contributed by atoms with E-state index in [0.717, 1.165) is 38.8 Å². The monoisotopic (exact) mass is 295 g/mol. The number of aliphatic hydroxyl groups is 1. The van der Waals surface area contributed by atoms with Gasteiger partial charge in [-0.05, 0) is 26.7 Å². The van der Waals surface area contributed by atoms with E-state index in [4.69, 9.17) is 5.84 Å². The Morgan fingerprint density at radius 2 is 1.81 bits per heavy atom. The van der Waals surface area contributed by atoms with E-state index in [1.165, 1.54) is 0 Å². The molecule has 118 valence electrons. The summed E-state index contributed by atoms with van der Waals surface area (Å²) < 4.78 is 0. The van der Waals surface area contributed by atoms with Crippen molar-refractivity contribution in [2.75, 3.05) is 28.7 Å². The number of aliphatic hydroxyl groups excluding tert-OH is 1. The van der Waals surface area contributed by atoms with Gasteiger partial charge in [0.2, 0.25) is 17.8 Å². The molecular weight excluding hydrogens is 270 g/mol. The third-order valence-corrected chi connectivity index (χ3v) is 3.84. The van der Waals surface area contributed by atoms with Crippen molar-refractivity contribution >= 4 is 17.8 Å². The molecule has 5 N–H and O–H groups in total. The van der Waals surface area contributed by atoms with Crippen LogP contribution in [-0.4, -0.2) is 45.3 Å². The number of aromatic nitrogens is 3. The lowest BCUT2D eigenvalue weighted by Gasteiger charge is -2.28. The molecule has 0 radical (unpaired) electrons. The molecule has 1 fully saturated rings. The number of hydrazine groups is 1. The average Bonchev–Trinajstić information content (AvgIpc) is 2.50. The molecule has 2 atom stereocenters. The van der Waals surface area contributed by atoms with Gasteiger partial charge in [0.05, 0.1) is 12.1 Å². The minimum Gasteiger partial charge on any atom is -0.391 e. The minimum absolute atomic E-state index is 0.0173. The van der Waals surface area contributed by atoms with Crippen LogP contribution in [0.4, 0.5) is 17.8 Å². The van der Waals surface area contributed by atoms with E-state index in [1.807, 2.05) is 18.7 Å². The Bertz CT molecular complexity index is 452. The summed E-state index contributed by atoms with van der Waals surface area (Å²) in [5.74, 6) is 6.78. The van der Waals surface area contributed by atoms with Crippen molar-refractivity contribution < 1.29 is 5.11 Å². The first-order valence-corrected chi connectivity index (χ1v) is 7.60. The molecule has 1 heterocycles. The van der Waals surface area contributed by atoms with Gasteiger partial charge in [-0.25, -0.2) is 5.84 Å². The van der Waals surface area contributed by atoms with Gasteiger partial charge in [0, 0.05) is 13.1 Å². The topological polar surface area (TPSA) is 112 Å². The Kier molecular flexibility index (Phi) is 5.51. The third-order valence-electron chi connectivity index (χ3n) is 3.84. The Morgan fingerprint density at radius 1 is 1.14 bits per heavy atom. The fourth-order valence-electron chi connectivity index (χ4n) is 2.59. The van der Waals surface area contributed by atoms with Crippen LogP contribution in [0, 0.1) is 0 Å². The van der Waals surface area contributed by atoms with Crippen LogP contribution in [0.3, 0.4) is 0 Å². The largest absolute Gasteiger partial charge is 0.391 e. The van der Waals surface area contributed by atoms with Crippen molar-refractivity contribution in [3.05, 3.63) is 0 Å². The van der Waals surface area contributed by atoms with E-state index in [9.17, 15) is 5.11 Å². The summed E-state index contributed by atoms with van der Waals surface area (Å²) >= 11 is 0. The van der Waals surface area contributed by atoms with Crippen LogP contribution in [0.5, 0.6) is 0 Å². The first kappa shape index (κ1) is 15.7. The lowest BCUT2D eigenvalue weighted by molar-refractivity contribution is 0.116. The molecule has 1 aliphatic rings. The first-order valence-electron chi connectivity index (χ1n) is 7.60. The van der Waals surface area contributed by atoms with E-state index in [2.05, 4.69) is 25.7 Å². The van der Waals surface area contributed by atoms with Gasteiger partial charge in [0.1, 0.15) is 0 Å². The zero-order valence-electron chi connectivity index (χ0n) is 12.7. The van der Waals surface area contributed by atoms with E-state index in [-0.39, 0.29) is 12.1 Å². The van der Waals surface area contributed by atoms with Crippen molar-refractivity contribution in [3.63, 3.8) is 0 Å². The molecule has 8 nitrogen and oxygen atoms in total. The quantitative estimate of drug-likeness (QED) is 0.448. The van der Waals surface area contributed by atoms with Crippen LogP contribution in [0.15, 0.2) is 0 Å². The second-order valence-electron chi connectivity index (χ2n) is 5.20. The summed E-state index contributed by atoms with van der Waals surface area (Å²) in [5.41, 5.74) is 2.47. The molecule has 0 aliphatic heterocycles. The highest BCUT2D eigenvalue weighted by Crippen LogP contribution is 2.22. The predicted octanol–water partition coefficient (Wildman–Crippen LogP) is 0.719. The average molecular weight is 295 g/mol. The lowest BCUT2D eigenvalue weighted by atomic mass is 9.93. The molecule has 0 aromatic carbocycles. The number of hydrogen-bond donors (Lipinski definition) is 4. The van der Waals surface area contributed by atoms with E-state index < -0.39 is 0 Å². The molecular formula is C13H25N7O.